The minimum atomic E-state index is 0.302. The molecule has 1 aliphatic carbocycles. The van der Waals surface area contributed by atoms with Crippen LogP contribution in [0.15, 0.2) is 18.2 Å². The molecule has 0 bridgehead atoms. The van der Waals surface area contributed by atoms with E-state index in [-0.39, 0.29) is 0 Å². The third kappa shape index (κ3) is 2.99. The van der Waals surface area contributed by atoms with Gasteiger partial charge in [0.25, 0.3) is 0 Å². The Bertz CT molecular complexity index is 399. The number of nitrogens with two attached hydrogens (primary N) is 1. The second-order valence-corrected chi connectivity index (χ2v) is 5.69. The Morgan fingerprint density at radius 1 is 1.33 bits per heavy atom. The van der Waals surface area contributed by atoms with Gasteiger partial charge in [0, 0.05) is 0 Å². The Balaban J connectivity index is 2.12. The summed E-state index contributed by atoms with van der Waals surface area (Å²) in [4.78, 5) is 0. The highest BCUT2D eigenvalue weighted by Gasteiger charge is 2.32. The maximum Gasteiger partial charge on any atom is 0.137 e. The molecular weight excluding hydrogens is 246 g/mol. The van der Waals surface area contributed by atoms with Crippen molar-refractivity contribution in [1.82, 2.24) is 0 Å². The van der Waals surface area contributed by atoms with Gasteiger partial charge in [0.1, 0.15) is 5.75 Å². The fraction of sp³-hybridized carbons (Fsp3) is 0.600. The Morgan fingerprint density at radius 3 is 2.61 bits per heavy atom. The van der Waals surface area contributed by atoms with Crippen molar-refractivity contribution in [3.8, 4) is 5.75 Å². The van der Waals surface area contributed by atoms with Crippen molar-refractivity contribution in [2.24, 2.45) is 11.1 Å². The van der Waals surface area contributed by atoms with Crippen LogP contribution in [0.2, 0.25) is 5.02 Å². The van der Waals surface area contributed by atoms with Crippen molar-refractivity contribution in [3.05, 3.63) is 28.8 Å². The summed E-state index contributed by atoms with van der Waals surface area (Å²) < 4.78 is 5.46. The van der Waals surface area contributed by atoms with Crippen LogP contribution in [0.25, 0.3) is 0 Å². The number of hydrogen-bond donors (Lipinski definition) is 1. The van der Waals surface area contributed by atoms with Gasteiger partial charge in [0.15, 0.2) is 0 Å². The highest BCUT2D eigenvalue weighted by Crippen LogP contribution is 2.40. The van der Waals surface area contributed by atoms with Crippen molar-refractivity contribution in [2.45, 2.75) is 39.0 Å². The lowest BCUT2D eigenvalue weighted by molar-refractivity contribution is 0.306. The Kier molecular flexibility index (Phi) is 4.52. The summed E-state index contributed by atoms with van der Waals surface area (Å²) in [7, 11) is 0. The zero-order valence-electron chi connectivity index (χ0n) is 11.0. The fourth-order valence-corrected chi connectivity index (χ4v) is 3.20. The van der Waals surface area contributed by atoms with Crippen LogP contribution in [-0.2, 0) is 6.42 Å². The molecule has 0 unspecified atom stereocenters. The van der Waals surface area contributed by atoms with Crippen molar-refractivity contribution in [2.75, 3.05) is 13.2 Å². The fourth-order valence-electron chi connectivity index (χ4n) is 2.94. The average Bonchev–Trinajstić information content (AvgIpc) is 2.82. The molecule has 0 atom stereocenters. The third-order valence-electron chi connectivity index (χ3n) is 3.97. The van der Waals surface area contributed by atoms with E-state index in [9.17, 15) is 0 Å². The van der Waals surface area contributed by atoms with Gasteiger partial charge >= 0.3 is 0 Å². The van der Waals surface area contributed by atoms with Crippen molar-refractivity contribution < 1.29 is 4.74 Å². The van der Waals surface area contributed by atoms with Crippen LogP contribution in [0.4, 0.5) is 0 Å². The molecule has 1 aromatic rings. The molecule has 2 N–H and O–H groups in total. The first-order chi connectivity index (χ1) is 8.69. The van der Waals surface area contributed by atoms with Crippen LogP contribution in [0.5, 0.6) is 5.75 Å². The highest BCUT2D eigenvalue weighted by molar-refractivity contribution is 6.32. The summed E-state index contributed by atoms with van der Waals surface area (Å²) >= 11 is 6.23. The Hall–Kier alpha value is -0.730. The van der Waals surface area contributed by atoms with Crippen LogP contribution in [0.1, 0.15) is 38.2 Å². The predicted molar refractivity (Wildman–Crippen MR) is 76.3 cm³/mol. The summed E-state index contributed by atoms with van der Waals surface area (Å²) in [5.74, 6) is 0.774. The van der Waals surface area contributed by atoms with Crippen LogP contribution >= 0.6 is 11.6 Å². The SMILES string of the molecule is CCOc1ccc(CC2(CN)CCCC2)cc1Cl. The molecule has 2 nitrogen and oxygen atoms in total. The van der Waals surface area contributed by atoms with Crippen LogP contribution in [0, 0.1) is 5.41 Å². The number of halogens is 1. The van der Waals surface area contributed by atoms with E-state index in [0.29, 0.717) is 17.0 Å². The largest absolute Gasteiger partial charge is 0.492 e. The lowest BCUT2D eigenvalue weighted by Crippen LogP contribution is -2.29. The molecular formula is C15H22ClNO. The lowest BCUT2D eigenvalue weighted by atomic mass is 9.80. The molecule has 100 valence electrons. The summed E-state index contributed by atoms with van der Waals surface area (Å²) in [6, 6.07) is 6.12. The average molecular weight is 268 g/mol. The number of benzene rings is 1. The van der Waals surface area contributed by atoms with Gasteiger partial charge < -0.3 is 10.5 Å². The molecule has 0 spiro atoms. The molecule has 0 heterocycles. The summed E-state index contributed by atoms with van der Waals surface area (Å²) in [6.45, 7) is 3.38. The van der Waals surface area contributed by atoms with Crippen LogP contribution < -0.4 is 10.5 Å². The molecule has 0 amide bonds. The second kappa shape index (κ2) is 5.94. The van der Waals surface area contributed by atoms with Gasteiger partial charge in [0.2, 0.25) is 0 Å². The predicted octanol–water partition coefficient (Wildman–Crippen LogP) is 3.80. The van der Waals surface area contributed by atoms with E-state index in [1.807, 2.05) is 19.1 Å². The molecule has 1 fully saturated rings. The van der Waals surface area contributed by atoms with Gasteiger partial charge in [-0.1, -0.05) is 30.5 Å². The van der Waals surface area contributed by atoms with Crippen molar-refractivity contribution >= 4 is 11.6 Å². The van der Waals surface area contributed by atoms with Crippen molar-refractivity contribution in [1.29, 1.82) is 0 Å². The molecule has 1 saturated carbocycles. The molecule has 0 aromatic heterocycles. The van der Waals surface area contributed by atoms with E-state index >= 15 is 0 Å². The molecule has 2 rings (SSSR count). The second-order valence-electron chi connectivity index (χ2n) is 5.29. The first-order valence-electron chi connectivity index (χ1n) is 6.80. The summed E-state index contributed by atoms with van der Waals surface area (Å²) in [5, 5.41) is 0.708. The quantitative estimate of drug-likeness (QED) is 0.881. The lowest BCUT2D eigenvalue weighted by Gasteiger charge is -2.27. The van der Waals surface area contributed by atoms with Gasteiger partial charge in [-0.25, -0.2) is 0 Å². The van der Waals surface area contributed by atoms with E-state index in [0.717, 1.165) is 18.7 Å². The summed E-state index contributed by atoms with van der Waals surface area (Å²) in [5.41, 5.74) is 7.55. The zero-order chi connectivity index (χ0) is 13.0. The smallest absolute Gasteiger partial charge is 0.137 e. The minimum absolute atomic E-state index is 0.302. The first kappa shape index (κ1) is 13.7. The highest BCUT2D eigenvalue weighted by atomic mass is 35.5. The van der Waals surface area contributed by atoms with Gasteiger partial charge in [-0.05, 0) is 55.8 Å². The van der Waals surface area contributed by atoms with E-state index in [4.69, 9.17) is 22.1 Å². The van der Waals surface area contributed by atoms with Gasteiger partial charge in [0.05, 0.1) is 11.6 Å². The van der Waals surface area contributed by atoms with Gasteiger partial charge in [-0.15, -0.1) is 0 Å². The third-order valence-corrected chi connectivity index (χ3v) is 4.27. The Morgan fingerprint density at radius 2 is 2.06 bits per heavy atom. The number of ether oxygens (including phenoxy) is 1. The molecule has 18 heavy (non-hydrogen) atoms. The monoisotopic (exact) mass is 267 g/mol. The van der Waals surface area contributed by atoms with Gasteiger partial charge in [-0.3, -0.25) is 0 Å². The molecule has 0 saturated heterocycles. The maximum atomic E-state index is 6.23. The van der Waals surface area contributed by atoms with E-state index in [1.54, 1.807) is 0 Å². The standard InChI is InChI=1S/C15H22ClNO/c1-2-18-14-6-5-12(9-13(14)16)10-15(11-17)7-3-4-8-15/h5-6,9H,2-4,7-8,10-11,17H2,1H3. The number of rotatable bonds is 5. The minimum Gasteiger partial charge on any atom is -0.492 e. The normalized spacial score (nSPS) is 17.9. The molecule has 1 aliphatic rings. The molecule has 1 aromatic carbocycles. The van der Waals surface area contributed by atoms with Crippen LogP contribution in [0.3, 0.4) is 0 Å². The van der Waals surface area contributed by atoms with Gasteiger partial charge in [-0.2, -0.15) is 0 Å². The van der Waals surface area contributed by atoms with E-state index < -0.39 is 0 Å². The number of hydrogen-bond acceptors (Lipinski definition) is 2. The van der Waals surface area contributed by atoms with Crippen molar-refractivity contribution in [3.63, 3.8) is 0 Å². The molecule has 3 heteroatoms. The van der Waals surface area contributed by atoms with E-state index in [2.05, 4.69) is 6.07 Å². The zero-order valence-corrected chi connectivity index (χ0v) is 11.8. The Labute approximate surface area is 114 Å². The topological polar surface area (TPSA) is 35.2 Å². The molecule has 0 radical (unpaired) electrons. The first-order valence-corrected chi connectivity index (χ1v) is 7.18. The summed E-state index contributed by atoms with van der Waals surface area (Å²) in [6.07, 6.45) is 6.14. The molecule has 0 aliphatic heterocycles. The maximum absolute atomic E-state index is 6.23. The van der Waals surface area contributed by atoms with Crippen LogP contribution in [-0.4, -0.2) is 13.2 Å². The van der Waals surface area contributed by atoms with E-state index in [1.165, 1.54) is 31.2 Å².